The average molecular weight is 264 g/mol. The van der Waals surface area contributed by atoms with Crippen molar-refractivity contribution in [2.75, 3.05) is 31.6 Å². The molecule has 0 unspecified atom stereocenters. The standard InChI is InChI=1S/C16H28N2O/c1-3-11-17-14-15-9-5-6-10-16(15)18(2)12-7-4-8-13-19/h5-6,9-10,17,19H,3-4,7-8,11-14H2,1-2H3. The molecule has 2 N–H and O–H groups in total. The van der Waals surface area contributed by atoms with E-state index in [0.717, 1.165) is 38.9 Å². The van der Waals surface area contributed by atoms with Gasteiger partial charge in [0.05, 0.1) is 0 Å². The Bertz CT molecular complexity index is 341. The summed E-state index contributed by atoms with van der Waals surface area (Å²) < 4.78 is 0. The Morgan fingerprint density at radius 3 is 2.68 bits per heavy atom. The van der Waals surface area contributed by atoms with Crippen molar-refractivity contribution >= 4 is 5.69 Å². The maximum absolute atomic E-state index is 8.79. The summed E-state index contributed by atoms with van der Waals surface area (Å²) in [5.74, 6) is 0. The highest BCUT2D eigenvalue weighted by atomic mass is 16.2. The molecular formula is C16H28N2O. The highest BCUT2D eigenvalue weighted by Crippen LogP contribution is 2.19. The van der Waals surface area contributed by atoms with Gasteiger partial charge in [0.1, 0.15) is 0 Å². The molecular weight excluding hydrogens is 236 g/mol. The molecule has 0 aromatic heterocycles. The summed E-state index contributed by atoms with van der Waals surface area (Å²) in [5.41, 5.74) is 2.68. The van der Waals surface area contributed by atoms with Gasteiger partial charge in [0, 0.05) is 32.4 Å². The molecule has 0 bridgehead atoms. The summed E-state index contributed by atoms with van der Waals surface area (Å²) in [6.07, 6.45) is 4.30. The molecule has 0 spiro atoms. The molecule has 0 saturated heterocycles. The summed E-state index contributed by atoms with van der Waals surface area (Å²) in [5, 5.41) is 12.3. The van der Waals surface area contributed by atoms with Gasteiger partial charge in [0.25, 0.3) is 0 Å². The Kier molecular flexibility index (Phi) is 8.26. The molecule has 0 aliphatic rings. The fourth-order valence-corrected chi connectivity index (χ4v) is 2.19. The van der Waals surface area contributed by atoms with Crippen molar-refractivity contribution in [3.8, 4) is 0 Å². The number of hydrogen-bond donors (Lipinski definition) is 2. The zero-order valence-corrected chi connectivity index (χ0v) is 12.4. The molecule has 108 valence electrons. The van der Waals surface area contributed by atoms with Gasteiger partial charge in [-0.1, -0.05) is 25.1 Å². The van der Waals surface area contributed by atoms with E-state index in [2.05, 4.69) is 48.5 Å². The number of nitrogens with zero attached hydrogens (tertiary/aromatic N) is 1. The van der Waals surface area contributed by atoms with Crippen LogP contribution in [0.2, 0.25) is 0 Å². The van der Waals surface area contributed by atoms with Crippen LogP contribution in [0, 0.1) is 0 Å². The maximum Gasteiger partial charge on any atom is 0.0431 e. The van der Waals surface area contributed by atoms with Gasteiger partial charge in [-0.05, 0) is 43.9 Å². The Labute approximate surface area is 117 Å². The summed E-state index contributed by atoms with van der Waals surface area (Å²) in [7, 11) is 2.15. The highest BCUT2D eigenvalue weighted by Gasteiger charge is 2.06. The number of aliphatic hydroxyl groups is 1. The fraction of sp³-hybridized carbons (Fsp3) is 0.625. The monoisotopic (exact) mass is 264 g/mol. The molecule has 0 heterocycles. The first-order valence-electron chi connectivity index (χ1n) is 7.40. The lowest BCUT2D eigenvalue weighted by molar-refractivity contribution is 0.283. The number of anilines is 1. The Morgan fingerprint density at radius 2 is 1.95 bits per heavy atom. The molecule has 0 atom stereocenters. The van der Waals surface area contributed by atoms with E-state index in [1.807, 2.05) is 0 Å². The average Bonchev–Trinajstić information content (AvgIpc) is 2.44. The molecule has 0 aliphatic carbocycles. The van der Waals surface area contributed by atoms with Crippen LogP contribution in [0.1, 0.15) is 38.2 Å². The Balaban J connectivity index is 2.50. The lowest BCUT2D eigenvalue weighted by Crippen LogP contribution is -2.22. The Morgan fingerprint density at radius 1 is 1.16 bits per heavy atom. The smallest absolute Gasteiger partial charge is 0.0431 e. The SMILES string of the molecule is CCCNCc1ccccc1N(C)CCCCCO. The topological polar surface area (TPSA) is 35.5 Å². The van der Waals surface area contributed by atoms with Gasteiger partial charge in [-0.2, -0.15) is 0 Å². The first kappa shape index (κ1) is 16.0. The number of hydrogen-bond acceptors (Lipinski definition) is 3. The van der Waals surface area contributed by atoms with Crippen molar-refractivity contribution in [2.45, 2.75) is 39.2 Å². The van der Waals surface area contributed by atoms with Gasteiger partial charge < -0.3 is 15.3 Å². The normalized spacial score (nSPS) is 10.7. The van der Waals surface area contributed by atoms with Crippen molar-refractivity contribution in [1.82, 2.24) is 5.32 Å². The Hall–Kier alpha value is -1.06. The minimum Gasteiger partial charge on any atom is -0.396 e. The minimum absolute atomic E-state index is 0.307. The van der Waals surface area contributed by atoms with Gasteiger partial charge in [-0.15, -0.1) is 0 Å². The van der Waals surface area contributed by atoms with Crippen LogP contribution in [0.25, 0.3) is 0 Å². The largest absolute Gasteiger partial charge is 0.396 e. The zero-order chi connectivity index (χ0) is 13.9. The number of nitrogens with one attached hydrogen (secondary N) is 1. The van der Waals surface area contributed by atoms with Crippen molar-refractivity contribution in [1.29, 1.82) is 0 Å². The summed E-state index contributed by atoms with van der Waals surface area (Å²) in [6.45, 7) is 5.54. The predicted molar refractivity (Wildman–Crippen MR) is 82.6 cm³/mol. The molecule has 0 aliphatic heterocycles. The molecule has 0 radical (unpaired) electrons. The molecule has 0 amide bonds. The van der Waals surface area contributed by atoms with E-state index in [1.54, 1.807) is 0 Å². The van der Waals surface area contributed by atoms with Gasteiger partial charge in [0.15, 0.2) is 0 Å². The zero-order valence-electron chi connectivity index (χ0n) is 12.4. The predicted octanol–water partition coefficient (Wildman–Crippen LogP) is 2.79. The van der Waals surface area contributed by atoms with Crippen molar-refractivity contribution in [3.05, 3.63) is 29.8 Å². The van der Waals surface area contributed by atoms with E-state index >= 15 is 0 Å². The van der Waals surface area contributed by atoms with Gasteiger partial charge >= 0.3 is 0 Å². The van der Waals surface area contributed by atoms with Crippen LogP contribution < -0.4 is 10.2 Å². The van der Waals surface area contributed by atoms with Gasteiger partial charge in [-0.25, -0.2) is 0 Å². The van der Waals surface area contributed by atoms with E-state index in [-0.39, 0.29) is 0 Å². The second kappa shape index (κ2) is 9.82. The first-order valence-corrected chi connectivity index (χ1v) is 7.40. The maximum atomic E-state index is 8.79. The summed E-state index contributed by atoms with van der Waals surface area (Å²) >= 11 is 0. The highest BCUT2D eigenvalue weighted by molar-refractivity contribution is 5.52. The summed E-state index contributed by atoms with van der Waals surface area (Å²) in [4.78, 5) is 2.32. The lowest BCUT2D eigenvalue weighted by atomic mass is 10.1. The molecule has 0 saturated carbocycles. The second-order valence-electron chi connectivity index (χ2n) is 5.01. The molecule has 0 fully saturated rings. The summed E-state index contributed by atoms with van der Waals surface area (Å²) in [6, 6.07) is 8.59. The van der Waals surface area contributed by atoms with E-state index in [9.17, 15) is 0 Å². The minimum atomic E-state index is 0.307. The molecule has 1 rings (SSSR count). The van der Waals surface area contributed by atoms with Crippen LogP contribution >= 0.6 is 0 Å². The third-order valence-corrected chi connectivity index (χ3v) is 3.30. The van der Waals surface area contributed by atoms with Gasteiger partial charge in [0.2, 0.25) is 0 Å². The quantitative estimate of drug-likeness (QED) is 0.638. The third-order valence-electron chi connectivity index (χ3n) is 3.30. The van der Waals surface area contributed by atoms with Crippen LogP contribution in [0.4, 0.5) is 5.69 Å². The second-order valence-corrected chi connectivity index (χ2v) is 5.01. The lowest BCUT2D eigenvalue weighted by Gasteiger charge is -2.22. The number of rotatable bonds is 10. The number of unbranched alkanes of at least 4 members (excludes halogenated alkanes) is 2. The fourth-order valence-electron chi connectivity index (χ4n) is 2.19. The van der Waals surface area contributed by atoms with Crippen LogP contribution in [-0.2, 0) is 6.54 Å². The van der Waals surface area contributed by atoms with E-state index in [1.165, 1.54) is 17.7 Å². The van der Waals surface area contributed by atoms with Crippen LogP contribution in [0.3, 0.4) is 0 Å². The van der Waals surface area contributed by atoms with Crippen LogP contribution in [0.15, 0.2) is 24.3 Å². The van der Waals surface area contributed by atoms with Crippen molar-refractivity contribution in [2.24, 2.45) is 0 Å². The van der Waals surface area contributed by atoms with Crippen LogP contribution in [0.5, 0.6) is 0 Å². The number of benzene rings is 1. The van der Waals surface area contributed by atoms with Crippen molar-refractivity contribution in [3.63, 3.8) is 0 Å². The molecule has 1 aromatic carbocycles. The molecule has 1 aromatic rings. The van der Waals surface area contributed by atoms with Crippen molar-refractivity contribution < 1.29 is 5.11 Å². The van der Waals surface area contributed by atoms with Gasteiger partial charge in [-0.3, -0.25) is 0 Å². The molecule has 3 heteroatoms. The third kappa shape index (κ3) is 6.08. The molecule has 3 nitrogen and oxygen atoms in total. The van der Waals surface area contributed by atoms with E-state index in [4.69, 9.17) is 5.11 Å². The first-order chi connectivity index (χ1) is 9.29. The number of aliphatic hydroxyl groups excluding tert-OH is 1. The molecule has 19 heavy (non-hydrogen) atoms. The number of para-hydroxylation sites is 1. The van der Waals surface area contributed by atoms with E-state index in [0.29, 0.717) is 6.61 Å². The van der Waals surface area contributed by atoms with E-state index < -0.39 is 0 Å². The van der Waals surface area contributed by atoms with Crippen LogP contribution in [-0.4, -0.2) is 31.9 Å².